The van der Waals surface area contributed by atoms with Crippen LogP contribution in [0.5, 0.6) is 11.5 Å². The van der Waals surface area contributed by atoms with E-state index in [0.717, 1.165) is 28.0 Å². The molecule has 0 aromatic heterocycles. The van der Waals surface area contributed by atoms with Crippen molar-refractivity contribution in [2.75, 3.05) is 24.0 Å². The summed E-state index contributed by atoms with van der Waals surface area (Å²) in [5.74, 6) is 0.725. The van der Waals surface area contributed by atoms with Crippen LogP contribution >= 0.6 is 0 Å². The molecular formula is C30H36N2O5S. The minimum Gasteiger partial charge on any atom is -0.491 e. The van der Waals surface area contributed by atoms with Crippen molar-refractivity contribution in [2.24, 2.45) is 0 Å². The third kappa shape index (κ3) is 5.80. The molecule has 1 N–H and O–H groups in total. The molecule has 1 aliphatic rings. The molecule has 0 fully saturated rings. The molecule has 3 aromatic rings. The summed E-state index contributed by atoms with van der Waals surface area (Å²) in [6.45, 7) is 12.5. The average molecular weight is 537 g/mol. The van der Waals surface area contributed by atoms with E-state index in [1.165, 1.54) is 4.31 Å². The second kappa shape index (κ2) is 10.7. The summed E-state index contributed by atoms with van der Waals surface area (Å²) in [6.07, 6.45) is -1.01. The van der Waals surface area contributed by atoms with Crippen LogP contribution in [0.25, 0.3) is 0 Å². The Morgan fingerprint density at radius 1 is 1.05 bits per heavy atom. The molecule has 0 radical (unpaired) electrons. The lowest BCUT2D eigenvalue weighted by atomic mass is 9.86. The Bertz CT molecular complexity index is 1430. The van der Waals surface area contributed by atoms with Crippen molar-refractivity contribution in [1.29, 1.82) is 0 Å². The van der Waals surface area contributed by atoms with E-state index in [0.29, 0.717) is 11.4 Å². The van der Waals surface area contributed by atoms with Crippen molar-refractivity contribution in [3.8, 4) is 11.5 Å². The number of nitrogens with zero attached hydrogens (tertiary/aromatic N) is 1. The van der Waals surface area contributed by atoms with Crippen LogP contribution in [-0.2, 0) is 20.2 Å². The van der Waals surface area contributed by atoms with Gasteiger partial charge in [0.25, 0.3) is 15.9 Å². The largest absolute Gasteiger partial charge is 0.491 e. The summed E-state index contributed by atoms with van der Waals surface area (Å²) in [5.41, 5.74) is 4.35. The van der Waals surface area contributed by atoms with Crippen LogP contribution in [0.2, 0.25) is 0 Å². The van der Waals surface area contributed by atoms with Crippen molar-refractivity contribution in [1.82, 2.24) is 5.32 Å². The lowest BCUT2D eigenvalue weighted by Crippen LogP contribution is -2.51. The van der Waals surface area contributed by atoms with Gasteiger partial charge in [-0.15, -0.1) is 0 Å². The Labute approximate surface area is 225 Å². The molecule has 202 valence electrons. The molecule has 0 spiro atoms. The van der Waals surface area contributed by atoms with Crippen LogP contribution < -0.4 is 19.1 Å². The van der Waals surface area contributed by atoms with Crippen molar-refractivity contribution in [3.05, 3.63) is 82.9 Å². The third-order valence-corrected chi connectivity index (χ3v) is 8.60. The number of benzene rings is 3. The van der Waals surface area contributed by atoms with E-state index in [1.54, 1.807) is 30.3 Å². The molecule has 0 aliphatic carbocycles. The molecule has 0 saturated heterocycles. The Morgan fingerprint density at radius 3 is 2.45 bits per heavy atom. The maximum absolute atomic E-state index is 13.8. The van der Waals surface area contributed by atoms with E-state index in [1.807, 2.05) is 51.1 Å². The Balaban J connectivity index is 1.55. The second-order valence-electron chi connectivity index (χ2n) is 10.7. The quantitative estimate of drug-likeness (QED) is 0.427. The zero-order valence-corrected chi connectivity index (χ0v) is 23.7. The molecule has 0 saturated carbocycles. The van der Waals surface area contributed by atoms with Gasteiger partial charge in [0.1, 0.15) is 18.1 Å². The molecule has 1 atom stereocenters. The first-order chi connectivity index (χ1) is 17.9. The molecule has 4 rings (SSSR count). The fourth-order valence-electron chi connectivity index (χ4n) is 4.25. The van der Waals surface area contributed by atoms with Crippen LogP contribution in [0.15, 0.2) is 65.6 Å². The zero-order chi connectivity index (χ0) is 27.7. The van der Waals surface area contributed by atoms with E-state index < -0.39 is 22.0 Å². The predicted molar refractivity (Wildman–Crippen MR) is 150 cm³/mol. The van der Waals surface area contributed by atoms with Crippen LogP contribution in [0.3, 0.4) is 0 Å². The van der Waals surface area contributed by atoms with Gasteiger partial charge in [-0.05, 0) is 73.2 Å². The first-order valence-electron chi connectivity index (χ1n) is 12.8. The van der Waals surface area contributed by atoms with Crippen molar-refractivity contribution < 1.29 is 22.7 Å². The average Bonchev–Trinajstić information content (AvgIpc) is 2.87. The number of aryl methyl sites for hydroxylation is 2. The number of sulfonamides is 1. The van der Waals surface area contributed by atoms with Gasteiger partial charge in [-0.3, -0.25) is 9.10 Å². The van der Waals surface area contributed by atoms with Crippen molar-refractivity contribution in [2.45, 2.75) is 58.0 Å². The minimum absolute atomic E-state index is 0.138. The highest BCUT2D eigenvalue weighted by molar-refractivity contribution is 7.92. The second-order valence-corrected chi connectivity index (χ2v) is 12.6. The Hall–Kier alpha value is -3.52. The predicted octanol–water partition coefficient (Wildman–Crippen LogP) is 5.06. The van der Waals surface area contributed by atoms with Gasteiger partial charge in [0.05, 0.1) is 23.7 Å². The molecule has 8 heteroatoms. The SMILES string of the molecule is Cc1ccc(S(=O)(=O)N2C[C@H](C(=O)NCCOc3cccc(C)c3C)Oc3ccc(C(C)(C)C)cc32)cc1. The Kier molecular flexibility index (Phi) is 7.74. The number of carbonyl (C=O) groups excluding carboxylic acids is 1. The van der Waals surface area contributed by atoms with Gasteiger partial charge in [0, 0.05) is 0 Å². The topological polar surface area (TPSA) is 84.9 Å². The highest BCUT2D eigenvalue weighted by atomic mass is 32.2. The maximum Gasteiger partial charge on any atom is 0.264 e. The lowest BCUT2D eigenvalue weighted by molar-refractivity contribution is -0.127. The summed E-state index contributed by atoms with van der Waals surface area (Å²) >= 11 is 0. The molecule has 1 aliphatic heterocycles. The van der Waals surface area contributed by atoms with Gasteiger partial charge in [0.15, 0.2) is 6.10 Å². The van der Waals surface area contributed by atoms with Gasteiger partial charge < -0.3 is 14.8 Å². The molecular weight excluding hydrogens is 500 g/mol. The first-order valence-corrected chi connectivity index (χ1v) is 14.2. The highest BCUT2D eigenvalue weighted by Crippen LogP contribution is 2.40. The van der Waals surface area contributed by atoms with E-state index in [2.05, 4.69) is 26.1 Å². The van der Waals surface area contributed by atoms with Crippen LogP contribution in [0, 0.1) is 20.8 Å². The van der Waals surface area contributed by atoms with E-state index in [-0.39, 0.29) is 30.0 Å². The van der Waals surface area contributed by atoms with Crippen LogP contribution in [0.4, 0.5) is 5.69 Å². The van der Waals surface area contributed by atoms with Crippen molar-refractivity contribution >= 4 is 21.6 Å². The number of nitrogens with one attached hydrogen (secondary N) is 1. The smallest absolute Gasteiger partial charge is 0.264 e. The third-order valence-electron chi connectivity index (χ3n) is 6.81. The van der Waals surface area contributed by atoms with Gasteiger partial charge in [-0.25, -0.2) is 8.42 Å². The molecule has 0 bridgehead atoms. The monoisotopic (exact) mass is 536 g/mol. The number of ether oxygens (including phenoxy) is 2. The standard InChI is InChI=1S/C30H36N2O5S/c1-20-10-13-24(14-11-20)38(34,35)32-19-28(37-27-15-12-23(18-25(27)32)30(4,5)6)29(33)31-16-17-36-26-9-7-8-21(2)22(26)3/h7-15,18,28H,16-17,19H2,1-6H3,(H,31,33)/t28-/m1/s1. The maximum atomic E-state index is 13.8. The number of hydrogen-bond donors (Lipinski definition) is 1. The minimum atomic E-state index is -3.94. The number of carbonyl (C=O) groups is 1. The van der Waals surface area contributed by atoms with Crippen molar-refractivity contribution in [3.63, 3.8) is 0 Å². The van der Waals surface area contributed by atoms with Crippen LogP contribution in [-0.4, -0.2) is 40.1 Å². The first kappa shape index (κ1) is 27.5. The summed E-state index contributed by atoms with van der Waals surface area (Å²) < 4.78 is 40.7. The number of anilines is 1. The number of hydrogen-bond acceptors (Lipinski definition) is 5. The molecule has 38 heavy (non-hydrogen) atoms. The summed E-state index contributed by atoms with van der Waals surface area (Å²) in [6, 6.07) is 18.0. The fraction of sp³-hybridized carbons (Fsp3) is 0.367. The fourth-order valence-corrected chi connectivity index (χ4v) is 5.72. The van der Waals surface area contributed by atoms with Gasteiger partial charge in [-0.1, -0.05) is 56.7 Å². The number of fused-ring (bicyclic) bond motifs is 1. The summed E-state index contributed by atoms with van der Waals surface area (Å²) in [4.78, 5) is 13.3. The Morgan fingerprint density at radius 2 is 1.76 bits per heavy atom. The van der Waals surface area contributed by atoms with Gasteiger partial charge >= 0.3 is 0 Å². The molecule has 7 nitrogen and oxygen atoms in total. The van der Waals surface area contributed by atoms with Gasteiger partial charge in [-0.2, -0.15) is 0 Å². The lowest BCUT2D eigenvalue weighted by Gasteiger charge is -2.36. The summed E-state index contributed by atoms with van der Waals surface area (Å²) in [5, 5.41) is 2.83. The number of rotatable bonds is 7. The van der Waals surface area contributed by atoms with E-state index in [9.17, 15) is 13.2 Å². The molecule has 0 unspecified atom stereocenters. The molecule has 1 amide bonds. The van der Waals surface area contributed by atoms with E-state index in [4.69, 9.17) is 9.47 Å². The highest BCUT2D eigenvalue weighted by Gasteiger charge is 2.38. The normalized spacial score (nSPS) is 15.4. The molecule has 1 heterocycles. The van der Waals surface area contributed by atoms with E-state index >= 15 is 0 Å². The van der Waals surface area contributed by atoms with Crippen LogP contribution in [0.1, 0.15) is 43.0 Å². The van der Waals surface area contributed by atoms with Gasteiger partial charge in [0.2, 0.25) is 0 Å². The zero-order valence-electron chi connectivity index (χ0n) is 22.9. The summed E-state index contributed by atoms with van der Waals surface area (Å²) in [7, 11) is -3.94. The number of amides is 1. The molecule has 3 aromatic carbocycles.